The van der Waals surface area contributed by atoms with E-state index in [-0.39, 0.29) is 6.03 Å². The number of carbonyl (C=O) groups excluding carboxylic acids is 1. The predicted molar refractivity (Wildman–Crippen MR) is 103 cm³/mol. The molecule has 2 N–H and O–H groups in total. The number of para-hydroxylation sites is 2. The third-order valence-corrected chi connectivity index (χ3v) is 5.12. The maximum Gasteiger partial charge on any atom is 0.314 e. The Labute approximate surface area is 161 Å². The minimum absolute atomic E-state index is 0.374. The topological polar surface area (TPSA) is 93.2 Å². The molecule has 4 rings (SSSR count). The third-order valence-electron chi connectivity index (χ3n) is 4.84. The Balaban J connectivity index is 1.58. The Bertz CT molecular complexity index is 995. The van der Waals surface area contributed by atoms with Crippen LogP contribution < -0.4 is 5.73 Å². The number of aryl methyl sites for hydroxylation is 1. The molecule has 0 radical (unpaired) electrons. The van der Waals surface area contributed by atoms with Crippen molar-refractivity contribution in [3.8, 4) is 11.5 Å². The summed E-state index contributed by atoms with van der Waals surface area (Å²) in [6.45, 7) is 3.27. The van der Waals surface area contributed by atoms with Gasteiger partial charge in [-0.2, -0.15) is 0 Å². The van der Waals surface area contributed by atoms with E-state index in [4.69, 9.17) is 17.3 Å². The highest BCUT2D eigenvalue weighted by atomic mass is 35.5. The van der Waals surface area contributed by atoms with Crippen molar-refractivity contribution in [1.82, 2.24) is 29.3 Å². The van der Waals surface area contributed by atoms with Crippen LogP contribution in [-0.2, 0) is 13.6 Å². The first kappa shape index (κ1) is 17.7. The molecule has 0 atom stereocenters. The number of fused-ring (bicyclic) bond motifs is 1. The van der Waals surface area contributed by atoms with E-state index in [1.807, 2.05) is 35.9 Å². The highest BCUT2D eigenvalue weighted by molar-refractivity contribution is 6.32. The number of nitrogens with two attached hydrogens (primary N) is 1. The minimum atomic E-state index is -0.374. The van der Waals surface area contributed by atoms with E-state index in [1.54, 1.807) is 11.1 Å². The van der Waals surface area contributed by atoms with Gasteiger partial charge in [0.25, 0.3) is 0 Å². The molecule has 9 heteroatoms. The minimum Gasteiger partial charge on any atom is -0.351 e. The zero-order valence-electron chi connectivity index (χ0n) is 15.0. The number of amides is 2. The number of piperazine rings is 1. The molecule has 0 unspecified atom stereocenters. The molecule has 0 aliphatic carbocycles. The van der Waals surface area contributed by atoms with Gasteiger partial charge in [0.1, 0.15) is 11.5 Å². The number of primary amides is 1. The summed E-state index contributed by atoms with van der Waals surface area (Å²) >= 11 is 6.38. The molecular weight excluding hydrogens is 366 g/mol. The molecule has 1 aromatic carbocycles. The summed E-state index contributed by atoms with van der Waals surface area (Å²) < 4.78 is 1.99. The van der Waals surface area contributed by atoms with Gasteiger partial charge in [0.15, 0.2) is 5.82 Å². The predicted octanol–water partition coefficient (Wildman–Crippen LogP) is 1.88. The largest absolute Gasteiger partial charge is 0.351 e. The summed E-state index contributed by atoms with van der Waals surface area (Å²) in [5.41, 5.74) is 7.87. The van der Waals surface area contributed by atoms with Gasteiger partial charge < -0.3 is 15.2 Å². The molecular formula is C18H20ClN7O. The molecule has 3 aromatic rings. The number of hydrogen-bond acceptors (Lipinski definition) is 5. The van der Waals surface area contributed by atoms with Crippen LogP contribution in [0.15, 0.2) is 30.5 Å². The zero-order chi connectivity index (χ0) is 19.0. The van der Waals surface area contributed by atoms with Gasteiger partial charge in [-0.05, 0) is 12.1 Å². The van der Waals surface area contributed by atoms with Gasteiger partial charge in [-0.15, -0.1) is 0 Å². The van der Waals surface area contributed by atoms with Crippen LogP contribution in [0.25, 0.3) is 22.6 Å². The van der Waals surface area contributed by atoms with E-state index >= 15 is 0 Å². The van der Waals surface area contributed by atoms with Crippen LogP contribution in [0.5, 0.6) is 0 Å². The number of benzene rings is 1. The first-order chi connectivity index (χ1) is 13.0. The van der Waals surface area contributed by atoms with Crippen molar-refractivity contribution in [1.29, 1.82) is 0 Å². The van der Waals surface area contributed by atoms with Gasteiger partial charge in [0, 0.05) is 33.2 Å². The lowest BCUT2D eigenvalue weighted by atomic mass is 10.3. The highest BCUT2D eigenvalue weighted by Crippen LogP contribution is 2.27. The average Bonchev–Trinajstić information content (AvgIpc) is 3.01. The molecule has 1 fully saturated rings. The summed E-state index contributed by atoms with van der Waals surface area (Å²) in [6, 6.07) is 7.54. The number of halogens is 1. The summed E-state index contributed by atoms with van der Waals surface area (Å²) in [5, 5.41) is 0.468. The van der Waals surface area contributed by atoms with Crippen molar-refractivity contribution in [2.45, 2.75) is 6.54 Å². The van der Waals surface area contributed by atoms with Crippen molar-refractivity contribution >= 4 is 28.7 Å². The van der Waals surface area contributed by atoms with Gasteiger partial charge in [0.2, 0.25) is 0 Å². The SMILES string of the molecule is Cn1c(-c2nc(CN3CCN(C(N)=O)CC3)ncc2Cl)nc2ccccc21. The Morgan fingerprint density at radius 3 is 2.63 bits per heavy atom. The molecule has 2 amide bonds. The van der Waals surface area contributed by atoms with E-state index in [1.165, 1.54) is 0 Å². The number of rotatable bonds is 3. The lowest BCUT2D eigenvalue weighted by Gasteiger charge is -2.33. The van der Waals surface area contributed by atoms with Crippen LogP contribution in [0.3, 0.4) is 0 Å². The van der Waals surface area contributed by atoms with Crippen LogP contribution >= 0.6 is 11.6 Å². The van der Waals surface area contributed by atoms with E-state index in [0.29, 0.717) is 42.0 Å². The maximum absolute atomic E-state index is 11.2. The third kappa shape index (κ3) is 3.45. The standard InChI is InChI=1S/C18H20ClN7O/c1-24-14-5-3-2-4-13(14)22-17(24)16-12(19)10-21-15(23-16)11-25-6-8-26(9-7-25)18(20)27/h2-5,10H,6-9,11H2,1H3,(H2,20,27). The van der Waals surface area contributed by atoms with Gasteiger partial charge in [-0.1, -0.05) is 23.7 Å². The molecule has 0 saturated carbocycles. The van der Waals surface area contributed by atoms with E-state index in [9.17, 15) is 4.79 Å². The molecule has 0 spiro atoms. The van der Waals surface area contributed by atoms with E-state index < -0.39 is 0 Å². The van der Waals surface area contributed by atoms with Crippen LogP contribution in [0.1, 0.15) is 5.82 Å². The summed E-state index contributed by atoms with van der Waals surface area (Å²) in [5.74, 6) is 1.39. The van der Waals surface area contributed by atoms with E-state index in [0.717, 1.165) is 24.1 Å². The Morgan fingerprint density at radius 1 is 1.19 bits per heavy atom. The van der Waals surface area contributed by atoms with Crippen LogP contribution in [0, 0.1) is 0 Å². The monoisotopic (exact) mass is 385 g/mol. The maximum atomic E-state index is 11.2. The summed E-state index contributed by atoms with van der Waals surface area (Å²) in [7, 11) is 1.95. The number of nitrogens with zero attached hydrogens (tertiary/aromatic N) is 6. The average molecular weight is 386 g/mol. The highest BCUT2D eigenvalue weighted by Gasteiger charge is 2.21. The number of urea groups is 1. The Hall–Kier alpha value is -2.71. The molecule has 140 valence electrons. The van der Waals surface area contributed by atoms with Crippen molar-refractivity contribution in [3.63, 3.8) is 0 Å². The fraction of sp³-hybridized carbons (Fsp3) is 0.333. The van der Waals surface area contributed by atoms with Gasteiger partial charge in [-0.25, -0.2) is 19.7 Å². The normalized spacial score (nSPS) is 15.4. The molecule has 3 heterocycles. The fourth-order valence-electron chi connectivity index (χ4n) is 3.32. The van der Waals surface area contributed by atoms with E-state index in [2.05, 4.69) is 19.9 Å². The molecule has 27 heavy (non-hydrogen) atoms. The second-order valence-electron chi connectivity index (χ2n) is 6.57. The lowest BCUT2D eigenvalue weighted by molar-refractivity contribution is 0.138. The van der Waals surface area contributed by atoms with Crippen molar-refractivity contribution < 1.29 is 4.79 Å². The summed E-state index contributed by atoms with van der Waals surface area (Å²) in [4.78, 5) is 28.8. The van der Waals surface area contributed by atoms with Crippen molar-refractivity contribution in [3.05, 3.63) is 41.3 Å². The molecule has 0 bridgehead atoms. The molecule has 8 nitrogen and oxygen atoms in total. The van der Waals surface area contributed by atoms with Gasteiger partial charge >= 0.3 is 6.03 Å². The van der Waals surface area contributed by atoms with Crippen LogP contribution in [-0.4, -0.2) is 61.5 Å². The number of aromatic nitrogens is 4. The van der Waals surface area contributed by atoms with Crippen molar-refractivity contribution in [2.75, 3.05) is 26.2 Å². The van der Waals surface area contributed by atoms with Crippen molar-refractivity contribution in [2.24, 2.45) is 12.8 Å². The summed E-state index contributed by atoms with van der Waals surface area (Å²) in [6.07, 6.45) is 1.62. The first-order valence-electron chi connectivity index (χ1n) is 8.73. The second-order valence-corrected chi connectivity index (χ2v) is 6.97. The van der Waals surface area contributed by atoms with Gasteiger partial charge in [0.05, 0.1) is 28.8 Å². The quantitative estimate of drug-likeness (QED) is 0.743. The van der Waals surface area contributed by atoms with Crippen LogP contribution in [0.2, 0.25) is 5.02 Å². The lowest BCUT2D eigenvalue weighted by Crippen LogP contribution is -2.50. The second kappa shape index (κ2) is 7.13. The molecule has 2 aromatic heterocycles. The molecule has 1 aliphatic heterocycles. The number of carbonyl (C=O) groups is 1. The van der Waals surface area contributed by atoms with Crippen LogP contribution in [0.4, 0.5) is 4.79 Å². The molecule has 1 aliphatic rings. The molecule has 1 saturated heterocycles. The Morgan fingerprint density at radius 2 is 1.93 bits per heavy atom. The zero-order valence-corrected chi connectivity index (χ0v) is 15.7. The first-order valence-corrected chi connectivity index (χ1v) is 9.10. The van der Waals surface area contributed by atoms with Gasteiger partial charge in [-0.3, -0.25) is 4.90 Å². The fourth-order valence-corrected chi connectivity index (χ4v) is 3.50. The number of hydrogen-bond donors (Lipinski definition) is 1. The Kier molecular flexibility index (Phi) is 4.67. The smallest absolute Gasteiger partial charge is 0.314 e. The number of imidazole rings is 1.